The Morgan fingerprint density at radius 1 is 1.22 bits per heavy atom. The van der Waals surface area contributed by atoms with Crippen LogP contribution in [0.2, 0.25) is 0 Å². The number of sulfonamides is 1. The third-order valence-corrected chi connectivity index (χ3v) is 4.05. The molecule has 1 aromatic heterocycles. The minimum absolute atomic E-state index is 0.0419. The zero-order chi connectivity index (χ0) is 13.2. The van der Waals surface area contributed by atoms with Crippen LogP contribution in [0.5, 0.6) is 0 Å². The third kappa shape index (κ3) is 2.85. The van der Waals surface area contributed by atoms with Crippen LogP contribution in [0.4, 0.5) is 10.2 Å². The first-order valence-corrected chi connectivity index (χ1v) is 7.15. The van der Waals surface area contributed by atoms with Gasteiger partial charge in [0.2, 0.25) is 0 Å². The number of nitrogens with one attached hydrogen (secondary N) is 1. The predicted octanol–water partition coefficient (Wildman–Crippen LogP) is 2.78. The van der Waals surface area contributed by atoms with Crippen LogP contribution < -0.4 is 4.72 Å². The molecule has 0 aliphatic heterocycles. The average molecular weight is 331 g/mol. The van der Waals surface area contributed by atoms with Crippen molar-refractivity contribution >= 4 is 31.8 Å². The molecule has 0 fully saturated rings. The van der Waals surface area contributed by atoms with E-state index in [2.05, 4.69) is 25.6 Å². The summed E-state index contributed by atoms with van der Waals surface area (Å²) in [6, 6.07) is 8.99. The van der Waals surface area contributed by atoms with Gasteiger partial charge in [0, 0.05) is 0 Å². The first kappa shape index (κ1) is 13.0. The maximum absolute atomic E-state index is 12.8. The quantitative estimate of drug-likeness (QED) is 0.941. The first-order chi connectivity index (χ1) is 8.49. The summed E-state index contributed by atoms with van der Waals surface area (Å²) in [7, 11) is -3.71. The lowest BCUT2D eigenvalue weighted by molar-refractivity contribution is 0.600. The molecule has 0 radical (unpaired) electrons. The van der Waals surface area contributed by atoms with Gasteiger partial charge < -0.3 is 0 Å². The van der Waals surface area contributed by atoms with E-state index in [0.29, 0.717) is 0 Å². The molecule has 0 saturated heterocycles. The smallest absolute Gasteiger partial charge is 0.262 e. The molecule has 18 heavy (non-hydrogen) atoms. The normalized spacial score (nSPS) is 11.2. The molecule has 2 rings (SSSR count). The highest BCUT2D eigenvalue weighted by atomic mass is 79.9. The van der Waals surface area contributed by atoms with Gasteiger partial charge in [-0.2, -0.15) is 0 Å². The molecule has 0 spiro atoms. The van der Waals surface area contributed by atoms with Crippen LogP contribution in [0.15, 0.2) is 52.0 Å². The Morgan fingerprint density at radius 2 is 1.89 bits per heavy atom. The second-order valence-electron chi connectivity index (χ2n) is 3.40. The van der Waals surface area contributed by atoms with E-state index in [1.807, 2.05) is 0 Å². The van der Waals surface area contributed by atoms with E-state index >= 15 is 0 Å². The Balaban J connectivity index is 2.34. The minimum atomic E-state index is -3.71. The van der Waals surface area contributed by atoms with Crippen molar-refractivity contribution in [3.05, 3.63) is 52.9 Å². The maximum atomic E-state index is 12.8. The van der Waals surface area contributed by atoms with Crippen molar-refractivity contribution in [1.82, 2.24) is 4.98 Å². The Morgan fingerprint density at radius 3 is 2.50 bits per heavy atom. The summed E-state index contributed by atoms with van der Waals surface area (Å²) in [5, 5.41) is 0. The second-order valence-corrected chi connectivity index (χ2v) is 5.94. The molecule has 0 saturated carbocycles. The Labute approximate surface area is 112 Å². The largest absolute Gasteiger partial charge is 0.263 e. The van der Waals surface area contributed by atoms with E-state index in [-0.39, 0.29) is 15.2 Å². The topological polar surface area (TPSA) is 59.1 Å². The highest BCUT2D eigenvalue weighted by Gasteiger charge is 2.16. The number of halogens is 2. The lowest BCUT2D eigenvalue weighted by atomic mass is 10.4. The van der Waals surface area contributed by atoms with Gasteiger partial charge in [-0.25, -0.2) is 17.8 Å². The Hall–Kier alpha value is -1.47. The fourth-order valence-electron chi connectivity index (χ4n) is 1.28. The van der Waals surface area contributed by atoms with Crippen LogP contribution in [-0.4, -0.2) is 13.4 Å². The fraction of sp³-hybridized carbons (Fsp3) is 0. The zero-order valence-corrected chi connectivity index (χ0v) is 11.4. The minimum Gasteiger partial charge on any atom is -0.262 e. The molecule has 94 valence electrons. The molecule has 7 heteroatoms. The van der Waals surface area contributed by atoms with Gasteiger partial charge in [-0.3, -0.25) is 4.72 Å². The number of hydrogen-bond donors (Lipinski definition) is 1. The van der Waals surface area contributed by atoms with E-state index in [1.54, 1.807) is 18.2 Å². The summed E-state index contributed by atoms with van der Waals surface area (Å²) in [5.74, 6) is -0.509. The number of rotatable bonds is 3. The second kappa shape index (κ2) is 5.03. The van der Waals surface area contributed by atoms with E-state index in [4.69, 9.17) is 0 Å². The molecule has 4 nitrogen and oxygen atoms in total. The van der Waals surface area contributed by atoms with Crippen LogP contribution >= 0.6 is 15.9 Å². The Bertz CT molecular complexity index is 662. The van der Waals surface area contributed by atoms with Crippen LogP contribution in [0.3, 0.4) is 0 Å². The lowest BCUT2D eigenvalue weighted by Crippen LogP contribution is -2.14. The summed E-state index contributed by atoms with van der Waals surface area (Å²) < 4.78 is 39.3. The van der Waals surface area contributed by atoms with E-state index in [0.717, 1.165) is 12.3 Å². The van der Waals surface area contributed by atoms with Crippen LogP contribution in [0.25, 0.3) is 0 Å². The molecule has 0 aliphatic rings. The molecule has 0 atom stereocenters. The Kier molecular flexibility index (Phi) is 3.63. The summed E-state index contributed by atoms with van der Waals surface area (Å²) in [6.07, 6.45) is 0.938. The first-order valence-electron chi connectivity index (χ1n) is 4.88. The van der Waals surface area contributed by atoms with E-state index in [1.165, 1.54) is 12.1 Å². The molecular formula is C11H8BrFN2O2S. The monoisotopic (exact) mass is 330 g/mol. The number of benzene rings is 1. The summed E-state index contributed by atoms with van der Waals surface area (Å²) >= 11 is 3.04. The summed E-state index contributed by atoms with van der Waals surface area (Å²) in [6.45, 7) is 0. The van der Waals surface area contributed by atoms with E-state index < -0.39 is 15.8 Å². The van der Waals surface area contributed by atoms with Crippen molar-refractivity contribution in [3.8, 4) is 0 Å². The van der Waals surface area contributed by atoms with Gasteiger partial charge in [0.25, 0.3) is 10.0 Å². The molecule has 2 aromatic rings. The number of pyridine rings is 1. The zero-order valence-electron chi connectivity index (χ0n) is 8.97. The van der Waals surface area contributed by atoms with Crippen molar-refractivity contribution in [2.45, 2.75) is 4.90 Å². The SMILES string of the molecule is O=S(=O)(Nc1ncc(F)cc1Br)c1ccccc1. The maximum Gasteiger partial charge on any atom is 0.263 e. The standard InChI is InChI=1S/C11H8BrFN2O2S/c12-10-6-8(13)7-14-11(10)15-18(16,17)9-4-2-1-3-5-9/h1-7H,(H,14,15). The molecular weight excluding hydrogens is 323 g/mol. The van der Waals surface area contributed by atoms with Crippen molar-refractivity contribution in [3.63, 3.8) is 0 Å². The van der Waals surface area contributed by atoms with Gasteiger partial charge in [0.05, 0.1) is 15.6 Å². The molecule has 0 bridgehead atoms. The molecule has 1 heterocycles. The molecule has 0 aliphatic carbocycles. The average Bonchev–Trinajstić information content (AvgIpc) is 2.34. The molecule has 1 N–H and O–H groups in total. The summed E-state index contributed by atoms with van der Waals surface area (Å²) in [5.41, 5.74) is 0. The highest BCUT2D eigenvalue weighted by molar-refractivity contribution is 9.10. The number of anilines is 1. The predicted molar refractivity (Wildman–Crippen MR) is 69.1 cm³/mol. The van der Waals surface area contributed by atoms with Gasteiger partial charge in [0.15, 0.2) is 5.82 Å². The molecule has 0 unspecified atom stereocenters. The number of nitrogens with zero attached hydrogens (tertiary/aromatic N) is 1. The van der Waals surface area contributed by atoms with Crippen molar-refractivity contribution in [1.29, 1.82) is 0 Å². The molecule has 1 aromatic carbocycles. The van der Waals surface area contributed by atoms with Crippen molar-refractivity contribution < 1.29 is 12.8 Å². The fourth-order valence-corrected chi connectivity index (χ4v) is 2.88. The highest BCUT2D eigenvalue weighted by Crippen LogP contribution is 2.23. The lowest BCUT2D eigenvalue weighted by Gasteiger charge is -2.08. The van der Waals surface area contributed by atoms with Crippen molar-refractivity contribution in [2.75, 3.05) is 4.72 Å². The van der Waals surface area contributed by atoms with Crippen LogP contribution in [0, 0.1) is 5.82 Å². The third-order valence-electron chi connectivity index (χ3n) is 2.09. The van der Waals surface area contributed by atoms with Gasteiger partial charge in [-0.15, -0.1) is 0 Å². The van der Waals surface area contributed by atoms with Crippen LogP contribution in [0.1, 0.15) is 0 Å². The van der Waals surface area contributed by atoms with Gasteiger partial charge >= 0.3 is 0 Å². The number of aromatic nitrogens is 1. The van der Waals surface area contributed by atoms with Crippen molar-refractivity contribution in [2.24, 2.45) is 0 Å². The number of hydrogen-bond acceptors (Lipinski definition) is 3. The summed E-state index contributed by atoms with van der Waals surface area (Å²) in [4.78, 5) is 3.79. The van der Waals surface area contributed by atoms with Gasteiger partial charge in [-0.05, 0) is 34.1 Å². The van der Waals surface area contributed by atoms with E-state index in [9.17, 15) is 12.8 Å². The molecule has 0 amide bonds. The van der Waals surface area contributed by atoms with Crippen LogP contribution in [-0.2, 0) is 10.0 Å². The van der Waals surface area contributed by atoms with Gasteiger partial charge in [0.1, 0.15) is 5.82 Å². The van der Waals surface area contributed by atoms with Gasteiger partial charge in [-0.1, -0.05) is 18.2 Å².